The van der Waals surface area contributed by atoms with Crippen molar-refractivity contribution < 1.29 is 14.3 Å². The third-order valence-corrected chi connectivity index (χ3v) is 3.64. The van der Waals surface area contributed by atoms with Crippen molar-refractivity contribution in [3.63, 3.8) is 0 Å². The molecule has 2 rings (SSSR count). The van der Waals surface area contributed by atoms with E-state index in [0.29, 0.717) is 16.7 Å². The van der Waals surface area contributed by atoms with Gasteiger partial charge in [0.25, 0.3) is 0 Å². The molecule has 1 saturated heterocycles. The molecule has 1 aromatic carbocycles. The molecule has 1 fully saturated rings. The molecule has 0 spiro atoms. The zero-order chi connectivity index (χ0) is 14.5. The van der Waals surface area contributed by atoms with Crippen LogP contribution in [-0.4, -0.2) is 36.8 Å². The van der Waals surface area contributed by atoms with E-state index in [4.69, 9.17) is 9.47 Å². The van der Waals surface area contributed by atoms with E-state index in [2.05, 4.69) is 15.5 Å². The summed E-state index contributed by atoms with van der Waals surface area (Å²) in [6.07, 6.45) is 1.56. The summed E-state index contributed by atoms with van der Waals surface area (Å²) in [5.74, 6) is 1.33. The molecule has 1 aromatic rings. The topological polar surface area (TPSA) is 72.3 Å². The fraction of sp³-hybridized carbons (Fsp3) is 0.308. The predicted octanol–water partition coefficient (Wildman–Crippen LogP) is 1.65. The minimum atomic E-state index is -0.129. The molecule has 0 radical (unpaired) electrons. The number of amides is 1. The van der Waals surface area contributed by atoms with Crippen LogP contribution in [0.5, 0.6) is 11.5 Å². The summed E-state index contributed by atoms with van der Waals surface area (Å²) >= 11 is 1.35. The lowest BCUT2D eigenvalue weighted by Crippen LogP contribution is -2.23. The standard InChI is InChI=1S/C13H15N3O3S/c1-8-12(17)15-13(20-8)16-14-7-9-6-10(18-2)4-5-11(9)19-3/h4-8H,1-3H3,(H,15,16,17)/b14-7+. The van der Waals surface area contributed by atoms with Gasteiger partial charge in [0.15, 0.2) is 5.17 Å². The number of methoxy groups -OCH3 is 2. The van der Waals surface area contributed by atoms with Crippen LogP contribution in [0.1, 0.15) is 12.5 Å². The number of carbonyl (C=O) groups excluding carboxylic acids is 1. The molecule has 106 valence electrons. The van der Waals surface area contributed by atoms with Gasteiger partial charge in [-0.2, -0.15) is 5.10 Å². The highest BCUT2D eigenvalue weighted by Crippen LogP contribution is 2.22. The Kier molecular flexibility index (Phi) is 4.62. The van der Waals surface area contributed by atoms with E-state index in [9.17, 15) is 4.79 Å². The van der Waals surface area contributed by atoms with Gasteiger partial charge >= 0.3 is 0 Å². The first kappa shape index (κ1) is 14.4. The molecule has 0 saturated carbocycles. The van der Waals surface area contributed by atoms with Gasteiger partial charge in [0.1, 0.15) is 11.5 Å². The van der Waals surface area contributed by atoms with Gasteiger partial charge in [-0.25, -0.2) is 0 Å². The molecule has 0 aliphatic carbocycles. The quantitative estimate of drug-likeness (QED) is 0.676. The molecule has 1 amide bonds. The van der Waals surface area contributed by atoms with Crippen molar-refractivity contribution in [2.24, 2.45) is 10.2 Å². The number of ether oxygens (including phenoxy) is 2. The molecule has 0 bridgehead atoms. The lowest BCUT2D eigenvalue weighted by atomic mass is 10.2. The molecule has 1 heterocycles. The van der Waals surface area contributed by atoms with Crippen LogP contribution in [0.15, 0.2) is 28.4 Å². The second kappa shape index (κ2) is 6.42. The van der Waals surface area contributed by atoms with Crippen molar-refractivity contribution in [3.8, 4) is 11.5 Å². The van der Waals surface area contributed by atoms with Gasteiger partial charge in [-0.1, -0.05) is 11.8 Å². The molecule has 0 aromatic heterocycles. The van der Waals surface area contributed by atoms with Crippen LogP contribution in [0.2, 0.25) is 0 Å². The molecule has 7 heteroatoms. The Bertz CT molecular complexity index is 572. The summed E-state index contributed by atoms with van der Waals surface area (Å²) in [6, 6.07) is 5.39. The smallest absolute Gasteiger partial charge is 0.239 e. The predicted molar refractivity (Wildman–Crippen MR) is 79.8 cm³/mol. The summed E-state index contributed by atoms with van der Waals surface area (Å²) in [7, 11) is 3.18. The average molecular weight is 293 g/mol. The fourth-order valence-corrected chi connectivity index (χ4v) is 2.34. The summed E-state index contributed by atoms with van der Waals surface area (Å²) < 4.78 is 10.4. The van der Waals surface area contributed by atoms with Gasteiger partial charge in [-0.15, -0.1) is 5.10 Å². The highest BCUT2D eigenvalue weighted by atomic mass is 32.2. The first-order chi connectivity index (χ1) is 9.63. The van der Waals surface area contributed by atoms with Gasteiger partial charge < -0.3 is 14.8 Å². The van der Waals surface area contributed by atoms with E-state index < -0.39 is 0 Å². The van der Waals surface area contributed by atoms with Crippen LogP contribution in [0.3, 0.4) is 0 Å². The Morgan fingerprint density at radius 3 is 2.75 bits per heavy atom. The van der Waals surface area contributed by atoms with E-state index >= 15 is 0 Å². The molecule has 1 atom stereocenters. The maximum absolute atomic E-state index is 11.3. The maximum atomic E-state index is 11.3. The molecule has 1 N–H and O–H groups in total. The van der Waals surface area contributed by atoms with Crippen molar-refractivity contribution in [3.05, 3.63) is 23.8 Å². The molecular weight excluding hydrogens is 278 g/mol. The zero-order valence-corrected chi connectivity index (χ0v) is 12.2. The lowest BCUT2D eigenvalue weighted by Gasteiger charge is -2.06. The van der Waals surface area contributed by atoms with Crippen molar-refractivity contribution >= 4 is 29.1 Å². The van der Waals surface area contributed by atoms with Gasteiger partial charge in [0.05, 0.1) is 25.7 Å². The summed E-state index contributed by atoms with van der Waals surface area (Å²) in [6.45, 7) is 1.82. The Morgan fingerprint density at radius 1 is 1.35 bits per heavy atom. The Balaban J connectivity index is 2.15. The largest absolute Gasteiger partial charge is 0.497 e. The highest BCUT2D eigenvalue weighted by molar-refractivity contribution is 8.15. The fourth-order valence-electron chi connectivity index (χ4n) is 1.59. The number of rotatable bonds is 4. The molecule has 6 nitrogen and oxygen atoms in total. The molecule has 20 heavy (non-hydrogen) atoms. The van der Waals surface area contributed by atoms with Crippen molar-refractivity contribution in [1.29, 1.82) is 0 Å². The van der Waals surface area contributed by atoms with Crippen molar-refractivity contribution in [2.75, 3.05) is 14.2 Å². The van der Waals surface area contributed by atoms with E-state index in [0.717, 1.165) is 5.56 Å². The van der Waals surface area contributed by atoms with E-state index in [1.54, 1.807) is 38.6 Å². The molecule has 1 unspecified atom stereocenters. The zero-order valence-electron chi connectivity index (χ0n) is 11.4. The normalized spacial score (nSPS) is 20.4. The van der Waals surface area contributed by atoms with Crippen LogP contribution < -0.4 is 14.8 Å². The van der Waals surface area contributed by atoms with Crippen molar-refractivity contribution in [2.45, 2.75) is 12.2 Å². The van der Waals surface area contributed by atoms with Crippen LogP contribution in [-0.2, 0) is 4.79 Å². The number of nitrogens with zero attached hydrogens (tertiary/aromatic N) is 2. The molecule has 1 aliphatic rings. The number of benzene rings is 1. The molecule has 1 aliphatic heterocycles. The number of carbonyl (C=O) groups is 1. The maximum Gasteiger partial charge on any atom is 0.239 e. The van der Waals surface area contributed by atoms with Gasteiger partial charge in [-0.3, -0.25) is 4.79 Å². The van der Waals surface area contributed by atoms with Crippen LogP contribution in [0.4, 0.5) is 0 Å². The van der Waals surface area contributed by atoms with Crippen LogP contribution in [0.25, 0.3) is 0 Å². The molecular formula is C13H15N3O3S. The van der Waals surface area contributed by atoms with Crippen LogP contribution >= 0.6 is 11.8 Å². The van der Waals surface area contributed by atoms with E-state index in [1.165, 1.54) is 11.8 Å². The lowest BCUT2D eigenvalue weighted by molar-refractivity contribution is -0.118. The second-order valence-corrected chi connectivity index (χ2v) is 5.34. The van der Waals surface area contributed by atoms with E-state index in [1.807, 2.05) is 6.92 Å². The van der Waals surface area contributed by atoms with Gasteiger partial charge in [0.2, 0.25) is 5.91 Å². The van der Waals surface area contributed by atoms with Crippen molar-refractivity contribution in [1.82, 2.24) is 5.32 Å². The number of hydrogen-bond donors (Lipinski definition) is 1. The third kappa shape index (κ3) is 3.30. The Morgan fingerprint density at radius 2 is 2.15 bits per heavy atom. The Hall–Kier alpha value is -2.02. The number of amidine groups is 1. The van der Waals surface area contributed by atoms with Crippen LogP contribution in [0, 0.1) is 0 Å². The first-order valence-corrected chi connectivity index (χ1v) is 6.82. The average Bonchev–Trinajstić information content (AvgIpc) is 2.77. The Labute approximate surface area is 121 Å². The number of hydrogen-bond acceptors (Lipinski definition) is 6. The van der Waals surface area contributed by atoms with Gasteiger partial charge in [-0.05, 0) is 25.1 Å². The van der Waals surface area contributed by atoms with Gasteiger partial charge in [0, 0.05) is 5.56 Å². The highest BCUT2D eigenvalue weighted by Gasteiger charge is 2.25. The minimum Gasteiger partial charge on any atom is -0.497 e. The summed E-state index contributed by atoms with van der Waals surface area (Å²) in [5, 5.41) is 11.0. The second-order valence-electron chi connectivity index (χ2n) is 4.01. The van der Waals surface area contributed by atoms with E-state index in [-0.39, 0.29) is 11.2 Å². The third-order valence-electron chi connectivity index (χ3n) is 2.67. The minimum absolute atomic E-state index is 0.0529. The SMILES string of the molecule is COc1ccc(OC)c(/C=N/N=C2\NC(=O)C(C)S2)c1. The number of nitrogens with one attached hydrogen (secondary N) is 1. The first-order valence-electron chi connectivity index (χ1n) is 5.94. The monoisotopic (exact) mass is 293 g/mol. The number of thioether (sulfide) groups is 1. The summed E-state index contributed by atoms with van der Waals surface area (Å²) in [5.41, 5.74) is 0.749. The summed E-state index contributed by atoms with van der Waals surface area (Å²) in [4.78, 5) is 11.3.